The highest BCUT2D eigenvalue weighted by Gasteiger charge is 2.39. The molecule has 7 nitrogen and oxygen atoms in total. The van der Waals surface area contributed by atoms with Gasteiger partial charge in [-0.1, -0.05) is 5.16 Å². The van der Waals surface area contributed by atoms with E-state index in [-0.39, 0.29) is 11.9 Å². The van der Waals surface area contributed by atoms with Gasteiger partial charge in [0.2, 0.25) is 0 Å². The second-order valence-corrected chi connectivity index (χ2v) is 5.63. The number of rotatable bonds is 3. The fourth-order valence-corrected chi connectivity index (χ4v) is 3.07. The Bertz CT molecular complexity index is 490. The Kier molecular flexibility index (Phi) is 3.98. The molecule has 2 N–H and O–H groups in total. The Morgan fingerprint density at radius 2 is 2.42 bits per heavy atom. The molecule has 1 fully saturated rings. The molecular weight excluding hydrogens is 270 g/mol. The Morgan fingerprint density at radius 1 is 1.68 bits per heavy atom. The van der Waals surface area contributed by atoms with E-state index in [1.165, 1.54) is 16.7 Å². The first kappa shape index (κ1) is 13.7. The van der Waals surface area contributed by atoms with Crippen LogP contribution in [0.25, 0.3) is 0 Å². The molecule has 8 heteroatoms. The summed E-state index contributed by atoms with van der Waals surface area (Å²) < 4.78 is 4.89. The minimum Gasteiger partial charge on any atom is -0.480 e. The third kappa shape index (κ3) is 3.01. The normalized spacial score (nSPS) is 22.5. The van der Waals surface area contributed by atoms with E-state index in [4.69, 9.17) is 9.63 Å². The molecule has 0 aromatic carbocycles. The molecule has 0 radical (unpaired) electrons. The van der Waals surface area contributed by atoms with E-state index in [1.54, 1.807) is 13.0 Å². The zero-order valence-electron chi connectivity index (χ0n) is 10.6. The second kappa shape index (κ2) is 5.52. The van der Waals surface area contributed by atoms with Gasteiger partial charge in [0.05, 0.1) is 11.9 Å². The lowest BCUT2D eigenvalue weighted by molar-refractivity contribution is -0.141. The van der Waals surface area contributed by atoms with Crippen LogP contribution < -0.4 is 5.32 Å². The largest absolute Gasteiger partial charge is 0.480 e. The maximum atomic E-state index is 12.0. The molecule has 2 atom stereocenters. The summed E-state index contributed by atoms with van der Waals surface area (Å²) in [5.41, 5.74) is 0.609. The summed E-state index contributed by atoms with van der Waals surface area (Å²) in [6.45, 7) is 3.79. The van der Waals surface area contributed by atoms with Gasteiger partial charge in [-0.15, -0.1) is 11.8 Å². The van der Waals surface area contributed by atoms with Crippen molar-refractivity contribution >= 4 is 23.8 Å². The molecule has 0 saturated carbocycles. The van der Waals surface area contributed by atoms with Crippen molar-refractivity contribution in [3.63, 3.8) is 0 Å². The van der Waals surface area contributed by atoms with Gasteiger partial charge in [-0.05, 0) is 13.8 Å². The summed E-state index contributed by atoms with van der Waals surface area (Å²) in [6, 6.07) is 0.543. The third-order valence-electron chi connectivity index (χ3n) is 2.84. The zero-order chi connectivity index (χ0) is 14.0. The molecule has 2 unspecified atom stereocenters. The number of amides is 2. The summed E-state index contributed by atoms with van der Waals surface area (Å²) in [7, 11) is 0. The molecule has 1 aromatic rings. The molecule has 0 aliphatic carbocycles. The number of thioether (sulfide) groups is 1. The first-order chi connectivity index (χ1) is 8.99. The Balaban J connectivity index is 1.96. The van der Waals surface area contributed by atoms with Crippen LogP contribution in [0.5, 0.6) is 0 Å². The van der Waals surface area contributed by atoms with Crippen LogP contribution >= 0.6 is 11.8 Å². The third-order valence-corrected chi connectivity index (χ3v) is 4.06. The van der Waals surface area contributed by atoms with Crippen molar-refractivity contribution in [1.29, 1.82) is 0 Å². The Hall–Kier alpha value is -1.70. The van der Waals surface area contributed by atoms with Crippen LogP contribution in [0.3, 0.4) is 0 Å². The van der Waals surface area contributed by atoms with Gasteiger partial charge in [-0.3, -0.25) is 4.90 Å². The van der Waals surface area contributed by atoms with Gasteiger partial charge in [-0.2, -0.15) is 0 Å². The number of aliphatic carboxylic acids is 1. The topological polar surface area (TPSA) is 95.7 Å². The van der Waals surface area contributed by atoms with Crippen LogP contribution in [0.1, 0.15) is 18.4 Å². The zero-order valence-corrected chi connectivity index (χ0v) is 11.4. The number of aromatic nitrogens is 1. The predicted molar refractivity (Wildman–Crippen MR) is 68.7 cm³/mol. The minimum atomic E-state index is -0.982. The van der Waals surface area contributed by atoms with Gasteiger partial charge in [-0.25, -0.2) is 9.59 Å². The van der Waals surface area contributed by atoms with E-state index in [0.717, 1.165) is 0 Å². The molecule has 2 rings (SSSR count). The van der Waals surface area contributed by atoms with Gasteiger partial charge in [0.25, 0.3) is 0 Å². The monoisotopic (exact) mass is 285 g/mol. The van der Waals surface area contributed by atoms with E-state index in [9.17, 15) is 9.59 Å². The fourth-order valence-electron chi connectivity index (χ4n) is 1.90. The summed E-state index contributed by atoms with van der Waals surface area (Å²) in [5.74, 6) is 0.0922. The standard InChI is InChI=1S/C11H15N3O4S/c1-6-3-8(13-18-6)4-12-11(17)14-7(2)19-5-9(14)10(15)16/h3,7,9H,4-5H2,1-2H3,(H,12,17)(H,15,16). The number of aryl methyl sites for hydroxylation is 1. The van der Waals surface area contributed by atoms with Crippen molar-refractivity contribution < 1.29 is 19.2 Å². The molecule has 2 amide bonds. The number of nitrogens with zero attached hydrogens (tertiary/aromatic N) is 2. The first-order valence-corrected chi connectivity index (χ1v) is 6.86. The van der Waals surface area contributed by atoms with Crippen molar-refractivity contribution in [2.45, 2.75) is 31.8 Å². The van der Waals surface area contributed by atoms with Crippen LogP contribution in [0.2, 0.25) is 0 Å². The lowest BCUT2D eigenvalue weighted by atomic mass is 10.3. The van der Waals surface area contributed by atoms with Gasteiger partial charge in [0.1, 0.15) is 17.5 Å². The van der Waals surface area contributed by atoms with Gasteiger partial charge in [0, 0.05) is 11.8 Å². The lowest BCUT2D eigenvalue weighted by Crippen LogP contribution is -2.49. The summed E-state index contributed by atoms with van der Waals surface area (Å²) in [5, 5.41) is 15.3. The first-order valence-electron chi connectivity index (χ1n) is 5.82. The molecule has 1 saturated heterocycles. The van der Waals surface area contributed by atoms with E-state index in [2.05, 4.69) is 10.5 Å². The maximum absolute atomic E-state index is 12.0. The smallest absolute Gasteiger partial charge is 0.327 e. The number of carboxylic acid groups (broad SMARTS) is 1. The molecular formula is C11H15N3O4S. The van der Waals surface area contributed by atoms with Gasteiger partial charge < -0.3 is 14.9 Å². The summed E-state index contributed by atoms with van der Waals surface area (Å²) >= 11 is 1.45. The molecule has 1 aliphatic heterocycles. The highest BCUT2D eigenvalue weighted by molar-refractivity contribution is 8.00. The van der Waals surface area contributed by atoms with E-state index in [1.807, 2.05) is 6.92 Å². The average molecular weight is 285 g/mol. The number of hydrogen-bond donors (Lipinski definition) is 2. The van der Waals surface area contributed by atoms with Crippen LogP contribution in [0.15, 0.2) is 10.6 Å². The minimum absolute atomic E-state index is 0.153. The summed E-state index contributed by atoms with van der Waals surface area (Å²) in [4.78, 5) is 24.5. The van der Waals surface area contributed by atoms with Crippen molar-refractivity contribution in [2.24, 2.45) is 0 Å². The molecule has 0 bridgehead atoms. The van der Waals surface area contributed by atoms with E-state index < -0.39 is 18.0 Å². The molecule has 104 valence electrons. The number of nitrogens with one attached hydrogen (secondary N) is 1. The molecule has 1 aliphatic rings. The van der Waals surface area contributed by atoms with Crippen molar-refractivity contribution in [1.82, 2.24) is 15.4 Å². The van der Waals surface area contributed by atoms with Crippen LogP contribution in [0, 0.1) is 6.92 Å². The van der Waals surface area contributed by atoms with Crippen molar-refractivity contribution in [3.8, 4) is 0 Å². The molecule has 19 heavy (non-hydrogen) atoms. The Labute approximate surface area is 114 Å². The number of carbonyl (C=O) groups excluding carboxylic acids is 1. The number of carboxylic acids is 1. The van der Waals surface area contributed by atoms with Gasteiger partial charge in [0.15, 0.2) is 0 Å². The highest BCUT2D eigenvalue weighted by atomic mass is 32.2. The van der Waals surface area contributed by atoms with Crippen LogP contribution in [-0.2, 0) is 11.3 Å². The Morgan fingerprint density at radius 3 is 3.00 bits per heavy atom. The van der Waals surface area contributed by atoms with E-state index in [0.29, 0.717) is 17.2 Å². The number of hydrogen-bond acceptors (Lipinski definition) is 5. The van der Waals surface area contributed by atoms with E-state index >= 15 is 0 Å². The number of carbonyl (C=O) groups is 2. The predicted octanol–water partition coefficient (Wildman–Crippen LogP) is 1.04. The van der Waals surface area contributed by atoms with Crippen molar-refractivity contribution in [3.05, 3.63) is 17.5 Å². The van der Waals surface area contributed by atoms with Crippen molar-refractivity contribution in [2.75, 3.05) is 5.75 Å². The van der Waals surface area contributed by atoms with Crippen LogP contribution in [0.4, 0.5) is 4.79 Å². The maximum Gasteiger partial charge on any atom is 0.327 e. The fraction of sp³-hybridized carbons (Fsp3) is 0.545. The molecule has 0 spiro atoms. The number of urea groups is 1. The summed E-state index contributed by atoms with van der Waals surface area (Å²) in [6.07, 6.45) is 0. The van der Waals surface area contributed by atoms with Crippen LogP contribution in [-0.4, -0.2) is 44.3 Å². The molecule has 2 heterocycles. The highest BCUT2D eigenvalue weighted by Crippen LogP contribution is 2.28. The van der Waals surface area contributed by atoms with Gasteiger partial charge >= 0.3 is 12.0 Å². The second-order valence-electron chi connectivity index (χ2n) is 4.28. The quantitative estimate of drug-likeness (QED) is 0.861. The average Bonchev–Trinajstić information content (AvgIpc) is 2.92. The molecule has 1 aromatic heterocycles. The SMILES string of the molecule is Cc1cc(CNC(=O)N2C(C)SCC2C(=O)O)no1. The lowest BCUT2D eigenvalue weighted by Gasteiger charge is -2.24.